The summed E-state index contributed by atoms with van der Waals surface area (Å²) in [5.74, 6) is 0. The van der Waals surface area contributed by atoms with E-state index in [9.17, 15) is 8.42 Å². The van der Waals surface area contributed by atoms with Gasteiger partial charge in [-0.05, 0) is 24.5 Å². The summed E-state index contributed by atoms with van der Waals surface area (Å²) in [6.45, 7) is 4.56. The summed E-state index contributed by atoms with van der Waals surface area (Å²) in [6.07, 6.45) is 3.32. The van der Waals surface area contributed by atoms with E-state index >= 15 is 0 Å². The number of sulfonamides is 1. The summed E-state index contributed by atoms with van der Waals surface area (Å²) >= 11 is 0. The second-order valence-corrected chi connectivity index (χ2v) is 5.77. The van der Waals surface area contributed by atoms with E-state index in [1.54, 1.807) is 18.2 Å². The molecule has 0 aliphatic carbocycles. The molecule has 3 nitrogen and oxygen atoms in total. The van der Waals surface area contributed by atoms with Crippen LogP contribution in [0.1, 0.15) is 12.0 Å². The molecule has 2 rings (SSSR count). The van der Waals surface area contributed by atoms with Gasteiger partial charge in [0.05, 0.1) is 4.90 Å². The second-order valence-electron chi connectivity index (χ2n) is 3.86. The lowest BCUT2D eigenvalue weighted by Crippen LogP contribution is -2.31. The van der Waals surface area contributed by atoms with Gasteiger partial charge < -0.3 is 0 Å². The summed E-state index contributed by atoms with van der Waals surface area (Å²) in [7, 11) is -3.32. The van der Waals surface area contributed by atoms with Crippen molar-refractivity contribution in [3.05, 3.63) is 42.5 Å². The Morgan fingerprint density at radius 1 is 1.38 bits per heavy atom. The molecular weight excluding hydrogens is 222 g/mol. The molecule has 0 amide bonds. The Hall–Kier alpha value is -1.13. The topological polar surface area (TPSA) is 37.4 Å². The Bertz CT molecular complexity index is 493. The Morgan fingerprint density at radius 2 is 2.12 bits per heavy atom. The van der Waals surface area contributed by atoms with Crippen molar-refractivity contribution in [3.8, 4) is 0 Å². The van der Waals surface area contributed by atoms with Crippen LogP contribution in [0, 0.1) is 0 Å². The summed E-state index contributed by atoms with van der Waals surface area (Å²) in [5.41, 5.74) is 0.925. The SMILES string of the molecule is C=CCN1CCCc2ccccc2S1(=O)=O. The molecule has 0 radical (unpaired) electrons. The lowest BCUT2D eigenvalue weighted by molar-refractivity contribution is 0.443. The molecule has 86 valence electrons. The van der Waals surface area contributed by atoms with Gasteiger partial charge in [0, 0.05) is 13.1 Å². The fourth-order valence-corrected chi connectivity index (χ4v) is 3.70. The highest BCUT2D eigenvalue weighted by atomic mass is 32.2. The van der Waals surface area contributed by atoms with Crippen molar-refractivity contribution < 1.29 is 8.42 Å². The second kappa shape index (κ2) is 4.39. The molecule has 0 fully saturated rings. The first-order chi connectivity index (χ1) is 7.66. The standard InChI is InChI=1S/C12H15NO2S/c1-2-9-13-10-5-7-11-6-3-4-8-12(11)16(13,14)15/h2-4,6,8H,1,5,7,9-10H2. The first-order valence-electron chi connectivity index (χ1n) is 5.35. The minimum atomic E-state index is -3.32. The van der Waals surface area contributed by atoms with Crippen LogP contribution in [0.2, 0.25) is 0 Å². The smallest absolute Gasteiger partial charge is 0.207 e. The molecule has 4 heteroatoms. The average molecular weight is 237 g/mol. The molecule has 1 aromatic rings. The quantitative estimate of drug-likeness (QED) is 0.736. The number of rotatable bonds is 2. The highest BCUT2D eigenvalue weighted by Gasteiger charge is 2.27. The van der Waals surface area contributed by atoms with Gasteiger partial charge >= 0.3 is 0 Å². The summed E-state index contributed by atoms with van der Waals surface area (Å²) < 4.78 is 26.1. The molecule has 0 spiro atoms. The van der Waals surface area contributed by atoms with Gasteiger partial charge in [-0.3, -0.25) is 0 Å². The maximum atomic E-state index is 12.3. The zero-order chi connectivity index (χ0) is 11.6. The Balaban J connectivity index is 2.52. The van der Waals surface area contributed by atoms with E-state index in [0.29, 0.717) is 18.0 Å². The van der Waals surface area contributed by atoms with Crippen LogP contribution in [0.25, 0.3) is 0 Å². The van der Waals surface area contributed by atoms with Gasteiger partial charge in [0.25, 0.3) is 0 Å². The van der Waals surface area contributed by atoms with E-state index in [4.69, 9.17) is 0 Å². The van der Waals surface area contributed by atoms with Crippen LogP contribution in [0.3, 0.4) is 0 Å². The summed E-state index contributed by atoms with van der Waals surface area (Å²) in [6, 6.07) is 7.24. The number of aryl methyl sites for hydroxylation is 1. The number of fused-ring (bicyclic) bond motifs is 1. The molecule has 1 aliphatic heterocycles. The molecule has 0 saturated carbocycles. The maximum Gasteiger partial charge on any atom is 0.243 e. The van der Waals surface area contributed by atoms with Gasteiger partial charge in [0.2, 0.25) is 10.0 Å². The molecule has 16 heavy (non-hydrogen) atoms. The van der Waals surface area contributed by atoms with E-state index in [1.807, 2.05) is 12.1 Å². The molecular formula is C12H15NO2S. The lowest BCUT2D eigenvalue weighted by atomic mass is 10.1. The molecule has 0 bridgehead atoms. The van der Waals surface area contributed by atoms with Crippen LogP contribution in [-0.4, -0.2) is 25.8 Å². The number of hydrogen-bond donors (Lipinski definition) is 0. The normalized spacial score (nSPS) is 19.8. The van der Waals surface area contributed by atoms with Crippen molar-refractivity contribution in [2.24, 2.45) is 0 Å². The summed E-state index contributed by atoms with van der Waals surface area (Å²) in [4.78, 5) is 0.453. The van der Waals surface area contributed by atoms with E-state index in [0.717, 1.165) is 18.4 Å². The monoisotopic (exact) mass is 237 g/mol. The molecule has 0 aromatic heterocycles. The predicted octanol–water partition coefficient (Wildman–Crippen LogP) is 1.81. The number of nitrogens with zero attached hydrogens (tertiary/aromatic N) is 1. The highest BCUT2D eigenvalue weighted by molar-refractivity contribution is 7.89. The highest BCUT2D eigenvalue weighted by Crippen LogP contribution is 2.24. The molecule has 1 heterocycles. The van der Waals surface area contributed by atoms with Gasteiger partial charge in [-0.2, -0.15) is 4.31 Å². The molecule has 1 aromatic carbocycles. The minimum Gasteiger partial charge on any atom is -0.207 e. The van der Waals surface area contributed by atoms with Crippen molar-refractivity contribution in [3.63, 3.8) is 0 Å². The molecule has 1 aliphatic rings. The van der Waals surface area contributed by atoms with Crippen LogP contribution in [0.15, 0.2) is 41.8 Å². The first-order valence-corrected chi connectivity index (χ1v) is 6.79. The van der Waals surface area contributed by atoms with Crippen LogP contribution in [-0.2, 0) is 16.4 Å². The van der Waals surface area contributed by atoms with Crippen molar-refractivity contribution in [1.82, 2.24) is 4.31 Å². The van der Waals surface area contributed by atoms with Gasteiger partial charge in [0.1, 0.15) is 0 Å². The molecule has 0 atom stereocenters. The van der Waals surface area contributed by atoms with E-state index < -0.39 is 10.0 Å². The van der Waals surface area contributed by atoms with Crippen molar-refractivity contribution in [2.45, 2.75) is 17.7 Å². The zero-order valence-corrected chi connectivity index (χ0v) is 9.91. The number of hydrogen-bond acceptors (Lipinski definition) is 2. The van der Waals surface area contributed by atoms with Crippen LogP contribution >= 0.6 is 0 Å². The van der Waals surface area contributed by atoms with E-state index in [2.05, 4.69) is 6.58 Å². The third kappa shape index (κ3) is 1.90. The maximum absolute atomic E-state index is 12.3. The van der Waals surface area contributed by atoms with Crippen molar-refractivity contribution in [1.29, 1.82) is 0 Å². The van der Waals surface area contributed by atoms with Gasteiger partial charge in [-0.15, -0.1) is 6.58 Å². The fraction of sp³-hybridized carbons (Fsp3) is 0.333. The molecule has 0 unspecified atom stereocenters. The largest absolute Gasteiger partial charge is 0.243 e. The van der Waals surface area contributed by atoms with Crippen molar-refractivity contribution >= 4 is 10.0 Å². The Kier molecular flexibility index (Phi) is 3.12. The number of benzene rings is 1. The summed E-state index contributed by atoms with van der Waals surface area (Å²) in [5, 5.41) is 0. The molecule has 0 N–H and O–H groups in total. The predicted molar refractivity (Wildman–Crippen MR) is 63.7 cm³/mol. The van der Waals surface area contributed by atoms with E-state index in [1.165, 1.54) is 4.31 Å². The van der Waals surface area contributed by atoms with Crippen LogP contribution in [0.4, 0.5) is 0 Å². The first kappa shape index (κ1) is 11.4. The van der Waals surface area contributed by atoms with Gasteiger partial charge in [-0.25, -0.2) is 8.42 Å². The lowest BCUT2D eigenvalue weighted by Gasteiger charge is -2.18. The van der Waals surface area contributed by atoms with Crippen molar-refractivity contribution in [2.75, 3.05) is 13.1 Å². The minimum absolute atomic E-state index is 0.386. The Labute approximate surface area is 96.4 Å². The van der Waals surface area contributed by atoms with Crippen LogP contribution < -0.4 is 0 Å². The van der Waals surface area contributed by atoms with Gasteiger partial charge in [-0.1, -0.05) is 24.3 Å². The fourth-order valence-electron chi connectivity index (χ4n) is 2.00. The Morgan fingerprint density at radius 3 is 2.88 bits per heavy atom. The van der Waals surface area contributed by atoms with Crippen LogP contribution in [0.5, 0.6) is 0 Å². The molecule has 0 saturated heterocycles. The zero-order valence-electron chi connectivity index (χ0n) is 9.09. The third-order valence-electron chi connectivity index (χ3n) is 2.78. The van der Waals surface area contributed by atoms with Gasteiger partial charge in [0.15, 0.2) is 0 Å². The third-order valence-corrected chi connectivity index (χ3v) is 4.74. The average Bonchev–Trinajstić information content (AvgIpc) is 2.39. The van der Waals surface area contributed by atoms with E-state index in [-0.39, 0.29) is 0 Å².